The smallest absolute Gasteiger partial charge is 0.349 e. The number of nitro groups is 1. The second kappa shape index (κ2) is 4.82. The van der Waals surface area contributed by atoms with E-state index in [9.17, 15) is 10.1 Å². The molecule has 0 N–H and O–H groups in total. The molecule has 1 aliphatic rings. The first-order valence-corrected chi connectivity index (χ1v) is 5.76. The lowest BCUT2D eigenvalue weighted by Crippen LogP contribution is -1.97. The quantitative estimate of drug-likeness (QED) is 0.487. The van der Waals surface area contributed by atoms with E-state index in [1.807, 2.05) is 0 Å². The second-order valence-electron chi connectivity index (χ2n) is 3.70. The van der Waals surface area contributed by atoms with Gasteiger partial charge in [-0.2, -0.15) is 4.98 Å². The van der Waals surface area contributed by atoms with Crippen molar-refractivity contribution in [2.24, 2.45) is 0 Å². The van der Waals surface area contributed by atoms with E-state index in [2.05, 4.69) is 9.97 Å². The fraction of sp³-hybridized carbons (Fsp3) is 0.0909. The fourth-order valence-electron chi connectivity index (χ4n) is 1.59. The Morgan fingerprint density at radius 3 is 2.95 bits per heavy atom. The molecule has 1 aromatic heterocycles. The number of hydrogen-bond donors (Lipinski definition) is 0. The molecule has 0 amide bonds. The summed E-state index contributed by atoms with van der Waals surface area (Å²) in [5, 5.41) is 10.7. The normalized spacial score (nSPS) is 12.2. The van der Waals surface area contributed by atoms with Crippen molar-refractivity contribution in [2.75, 3.05) is 6.79 Å². The number of nitrogens with zero attached hydrogens (tertiary/aromatic N) is 3. The highest BCUT2D eigenvalue weighted by atomic mass is 35.5. The standard InChI is InChI=1S/C11H6ClN3O5/c12-11-13-4-7(15(16)17)10(14-11)20-6-1-2-8-9(3-6)19-5-18-8/h1-4H,5H2. The molecule has 8 nitrogen and oxygen atoms in total. The van der Waals surface area contributed by atoms with Gasteiger partial charge in [-0.05, 0) is 23.7 Å². The molecule has 0 fully saturated rings. The van der Waals surface area contributed by atoms with Crippen molar-refractivity contribution in [3.05, 3.63) is 39.8 Å². The molecule has 0 radical (unpaired) electrons. The molecular weight excluding hydrogens is 290 g/mol. The molecule has 0 aliphatic carbocycles. The Labute approximate surface area is 117 Å². The summed E-state index contributed by atoms with van der Waals surface area (Å²) in [6.45, 7) is 0.123. The first kappa shape index (κ1) is 12.4. The van der Waals surface area contributed by atoms with Gasteiger partial charge in [0.1, 0.15) is 11.9 Å². The van der Waals surface area contributed by atoms with E-state index in [0.717, 1.165) is 6.20 Å². The second-order valence-corrected chi connectivity index (χ2v) is 4.04. The van der Waals surface area contributed by atoms with E-state index in [4.69, 9.17) is 25.8 Å². The molecule has 1 aliphatic heterocycles. The van der Waals surface area contributed by atoms with Crippen LogP contribution >= 0.6 is 11.6 Å². The van der Waals surface area contributed by atoms with Crippen LogP contribution in [-0.4, -0.2) is 21.7 Å². The van der Waals surface area contributed by atoms with E-state index in [0.29, 0.717) is 17.2 Å². The van der Waals surface area contributed by atoms with Crippen molar-refractivity contribution in [2.45, 2.75) is 0 Å². The Morgan fingerprint density at radius 1 is 1.35 bits per heavy atom. The summed E-state index contributed by atoms with van der Waals surface area (Å²) in [4.78, 5) is 17.5. The van der Waals surface area contributed by atoms with Gasteiger partial charge in [0.05, 0.1) is 4.92 Å². The van der Waals surface area contributed by atoms with Gasteiger partial charge in [-0.25, -0.2) is 4.98 Å². The van der Waals surface area contributed by atoms with Gasteiger partial charge < -0.3 is 14.2 Å². The van der Waals surface area contributed by atoms with Gasteiger partial charge in [0.2, 0.25) is 12.1 Å². The molecule has 0 atom stereocenters. The summed E-state index contributed by atoms with van der Waals surface area (Å²) < 4.78 is 15.7. The van der Waals surface area contributed by atoms with Crippen LogP contribution in [0.3, 0.4) is 0 Å². The minimum Gasteiger partial charge on any atom is -0.454 e. The van der Waals surface area contributed by atoms with E-state index in [1.54, 1.807) is 18.2 Å². The zero-order valence-corrected chi connectivity index (χ0v) is 10.5. The minimum absolute atomic E-state index is 0.123. The highest BCUT2D eigenvalue weighted by Gasteiger charge is 2.21. The van der Waals surface area contributed by atoms with Crippen LogP contribution in [0.2, 0.25) is 5.28 Å². The van der Waals surface area contributed by atoms with Crippen molar-refractivity contribution in [1.29, 1.82) is 0 Å². The summed E-state index contributed by atoms with van der Waals surface area (Å²) in [6, 6.07) is 4.75. The molecule has 0 saturated carbocycles. The largest absolute Gasteiger partial charge is 0.454 e. The van der Waals surface area contributed by atoms with Crippen LogP contribution in [0.1, 0.15) is 0 Å². The SMILES string of the molecule is O=[N+]([O-])c1cnc(Cl)nc1Oc1ccc2c(c1)OCO2. The molecule has 0 bridgehead atoms. The molecule has 0 spiro atoms. The van der Waals surface area contributed by atoms with Crippen molar-refractivity contribution < 1.29 is 19.1 Å². The van der Waals surface area contributed by atoms with E-state index < -0.39 is 4.92 Å². The minimum atomic E-state index is -0.654. The average Bonchev–Trinajstić information content (AvgIpc) is 2.85. The molecule has 3 rings (SSSR count). The van der Waals surface area contributed by atoms with Crippen molar-refractivity contribution >= 4 is 17.3 Å². The van der Waals surface area contributed by atoms with Gasteiger partial charge in [0.25, 0.3) is 0 Å². The molecular formula is C11H6ClN3O5. The Balaban J connectivity index is 1.95. The van der Waals surface area contributed by atoms with E-state index in [-0.39, 0.29) is 23.6 Å². The van der Waals surface area contributed by atoms with Crippen LogP contribution in [0, 0.1) is 10.1 Å². The first-order chi connectivity index (χ1) is 9.63. The third-order valence-electron chi connectivity index (χ3n) is 2.46. The molecule has 0 saturated heterocycles. The Bertz CT molecular complexity index is 694. The monoisotopic (exact) mass is 295 g/mol. The number of halogens is 1. The maximum absolute atomic E-state index is 10.9. The zero-order chi connectivity index (χ0) is 14.1. The molecule has 2 heterocycles. The fourth-order valence-corrected chi connectivity index (χ4v) is 1.72. The van der Waals surface area contributed by atoms with Gasteiger partial charge >= 0.3 is 11.6 Å². The number of ether oxygens (including phenoxy) is 3. The molecule has 20 heavy (non-hydrogen) atoms. The maximum Gasteiger partial charge on any atom is 0.349 e. The van der Waals surface area contributed by atoms with Crippen LogP contribution in [-0.2, 0) is 0 Å². The molecule has 102 valence electrons. The molecule has 2 aromatic rings. The van der Waals surface area contributed by atoms with Gasteiger partial charge in [0.15, 0.2) is 11.5 Å². The Morgan fingerprint density at radius 2 is 2.15 bits per heavy atom. The summed E-state index contributed by atoms with van der Waals surface area (Å²) >= 11 is 5.61. The van der Waals surface area contributed by atoms with E-state index in [1.165, 1.54) is 0 Å². The first-order valence-electron chi connectivity index (χ1n) is 5.38. The predicted octanol–water partition coefficient (Wildman–Crippen LogP) is 2.56. The van der Waals surface area contributed by atoms with Gasteiger partial charge in [-0.3, -0.25) is 10.1 Å². The average molecular weight is 296 g/mol. The number of hydrogen-bond acceptors (Lipinski definition) is 7. The lowest BCUT2D eigenvalue weighted by atomic mass is 10.3. The van der Waals surface area contributed by atoms with Gasteiger partial charge in [-0.15, -0.1) is 0 Å². The molecule has 9 heteroatoms. The number of rotatable bonds is 3. The van der Waals surface area contributed by atoms with Gasteiger partial charge in [-0.1, -0.05) is 0 Å². The highest BCUT2D eigenvalue weighted by molar-refractivity contribution is 6.28. The third-order valence-corrected chi connectivity index (χ3v) is 2.64. The van der Waals surface area contributed by atoms with Crippen LogP contribution < -0.4 is 14.2 Å². The van der Waals surface area contributed by atoms with Crippen LogP contribution in [0.15, 0.2) is 24.4 Å². The van der Waals surface area contributed by atoms with E-state index >= 15 is 0 Å². The summed E-state index contributed by atoms with van der Waals surface area (Å²) in [6.07, 6.45) is 0.984. The Hall–Kier alpha value is -2.61. The number of benzene rings is 1. The molecule has 0 unspecified atom stereocenters. The van der Waals surface area contributed by atoms with Crippen molar-refractivity contribution in [3.63, 3.8) is 0 Å². The van der Waals surface area contributed by atoms with Crippen LogP contribution in [0.4, 0.5) is 5.69 Å². The van der Waals surface area contributed by atoms with Crippen molar-refractivity contribution in [1.82, 2.24) is 9.97 Å². The van der Waals surface area contributed by atoms with Crippen molar-refractivity contribution in [3.8, 4) is 23.1 Å². The Kier molecular flexibility index (Phi) is 2.99. The van der Waals surface area contributed by atoms with Crippen LogP contribution in [0.25, 0.3) is 0 Å². The highest BCUT2D eigenvalue weighted by Crippen LogP contribution is 2.37. The number of fused-ring (bicyclic) bond motifs is 1. The lowest BCUT2D eigenvalue weighted by molar-refractivity contribution is -0.386. The maximum atomic E-state index is 10.9. The van der Waals surface area contributed by atoms with Crippen LogP contribution in [0.5, 0.6) is 23.1 Å². The summed E-state index contributed by atoms with van der Waals surface area (Å²) in [5.41, 5.74) is -0.382. The number of aromatic nitrogens is 2. The summed E-state index contributed by atoms with van der Waals surface area (Å²) in [5.74, 6) is 1.14. The van der Waals surface area contributed by atoms with Gasteiger partial charge in [0, 0.05) is 6.07 Å². The summed E-state index contributed by atoms with van der Waals surface area (Å²) in [7, 11) is 0. The topological polar surface area (TPSA) is 96.6 Å². The lowest BCUT2D eigenvalue weighted by Gasteiger charge is -2.05. The zero-order valence-electron chi connectivity index (χ0n) is 9.78. The third kappa shape index (κ3) is 2.28. The predicted molar refractivity (Wildman–Crippen MR) is 66.3 cm³/mol. The molecule has 1 aromatic carbocycles.